The Morgan fingerprint density at radius 1 is 1.09 bits per heavy atom. The molecule has 0 aliphatic carbocycles. The van der Waals surface area contributed by atoms with E-state index in [2.05, 4.69) is 32.7 Å². The summed E-state index contributed by atoms with van der Waals surface area (Å²) in [5, 5.41) is 11.3. The maximum atomic E-state index is 11.9. The van der Waals surface area contributed by atoms with Crippen molar-refractivity contribution in [1.82, 2.24) is 25.2 Å². The molecule has 1 atom stereocenters. The molecule has 0 saturated carbocycles. The number of nitrogens with zero attached hydrogens (tertiary/aromatic N) is 6. The smallest absolute Gasteiger partial charge is 0.176 e. The van der Waals surface area contributed by atoms with Gasteiger partial charge in [0.25, 0.3) is 0 Å². The van der Waals surface area contributed by atoms with E-state index >= 15 is 0 Å². The molecular formula is C21H27ClN8OS. The molecule has 3 aliphatic rings. The molecule has 170 valence electrons. The molecule has 32 heavy (non-hydrogen) atoms. The number of rotatable bonds is 5. The molecule has 9 nitrogen and oxygen atoms in total. The van der Waals surface area contributed by atoms with Crippen molar-refractivity contribution >= 4 is 40.4 Å². The van der Waals surface area contributed by atoms with Crippen LogP contribution >= 0.6 is 11.6 Å². The van der Waals surface area contributed by atoms with Crippen molar-refractivity contribution in [2.75, 3.05) is 61.1 Å². The highest BCUT2D eigenvalue weighted by Crippen LogP contribution is 2.36. The highest BCUT2D eigenvalue weighted by atomic mass is 35.5. The minimum atomic E-state index is -0.754. The Labute approximate surface area is 195 Å². The summed E-state index contributed by atoms with van der Waals surface area (Å²) in [4.78, 5) is 16.7. The predicted octanol–water partition coefficient (Wildman–Crippen LogP) is 1.47. The minimum Gasteiger partial charge on any atom is -0.363 e. The lowest BCUT2D eigenvalue weighted by molar-refractivity contribution is 0.207. The number of nitrogens with one attached hydrogen (secondary N) is 2. The first-order chi connectivity index (χ1) is 15.7. The van der Waals surface area contributed by atoms with E-state index in [0.29, 0.717) is 29.0 Å². The number of aliphatic imine (C=N–C) groups is 1. The van der Waals surface area contributed by atoms with Crippen LogP contribution in [0.1, 0.15) is 17.4 Å². The molecule has 1 aromatic carbocycles. The van der Waals surface area contributed by atoms with Crippen molar-refractivity contribution < 1.29 is 4.21 Å². The molecule has 5 rings (SSSR count). The molecule has 0 radical (unpaired) electrons. The lowest BCUT2D eigenvalue weighted by Crippen LogP contribution is -2.54. The van der Waals surface area contributed by atoms with Crippen LogP contribution in [0.5, 0.6) is 0 Å². The largest absolute Gasteiger partial charge is 0.363 e. The molecule has 0 spiro atoms. The van der Waals surface area contributed by atoms with Gasteiger partial charge in [0, 0.05) is 68.1 Å². The topological polar surface area (TPSA) is 89.0 Å². The van der Waals surface area contributed by atoms with Gasteiger partial charge in [-0.05, 0) is 5.56 Å². The summed E-state index contributed by atoms with van der Waals surface area (Å²) in [5.74, 6) is 2.61. The Balaban J connectivity index is 1.46. The highest BCUT2D eigenvalue weighted by Gasteiger charge is 2.35. The average molecular weight is 475 g/mol. The van der Waals surface area contributed by atoms with E-state index in [-0.39, 0.29) is 6.17 Å². The lowest BCUT2D eigenvalue weighted by Gasteiger charge is -2.41. The molecule has 1 aromatic heterocycles. The predicted molar refractivity (Wildman–Crippen MR) is 128 cm³/mol. The number of piperazine rings is 1. The fraction of sp³-hybridized carbons (Fsp3) is 0.476. The van der Waals surface area contributed by atoms with Gasteiger partial charge in [-0.2, -0.15) is 0 Å². The van der Waals surface area contributed by atoms with Crippen LogP contribution in [0, 0.1) is 0 Å². The van der Waals surface area contributed by atoms with E-state index in [1.807, 2.05) is 29.5 Å². The Morgan fingerprint density at radius 3 is 2.59 bits per heavy atom. The monoisotopic (exact) mass is 474 g/mol. The SMILES string of the molecule is O=S1CCN(C2N=CN(N3CCNCC3)c3nc(NCc4ccccc4)c(Cl)nc32)CC1. The van der Waals surface area contributed by atoms with E-state index in [1.54, 1.807) is 0 Å². The third kappa shape index (κ3) is 4.65. The molecule has 2 N–H and O–H groups in total. The standard InChI is InChI=1S/C21H27ClN8OS/c22-18-19(24-14-16-4-2-1-3-5-16)27-21-17(26-18)20(28-10-12-32(31)13-11-28)25-15-30(21)29-8-6-23-7-9-29/h1-5,15,20,23H,6-14H2,(H,24,27). The van der Waals surface area contributed by atoms with Gasteiger partial charge >= 0.3 is 0 Å². The summed E-state index contributed by atoms with van der Waals surface area (Å²) in [5.41, 5.74) is 1.89. The summed E-state index contributed by atoms with van der Waals surface area (Å²) in [7, 11) is -0.754. The van der Waals surface area contributed by atoms with Gasteiger partial charge in [0.05, 0.1) is 0 Å². The number of fused-ring (bicyclic) bond motifs is 1. The van der Waals surface area contributed by atoms with Crippen LogP contribution in [0.3, 0.4) is 0 Å². The van der Waals surface area contributed by atoms with Crippen molar-refractivity contribution in [1.29, 1.82) is 0 Å². The van der Waals surface area contributed by atoms with Crippen molar-refractivity contribution in [3.63, 3.8) is 0 Å². The summed E-state index contributed by atoms with van der Waals surface area (Å²) < 4.78 is 11.9. The fourth-order valence-corrected chi connectivity index (χ4v) is 5.43. The van der Waals surface area contributed by atoms with Gasteiger partial charge in [0.2, 0.25) is 0 Å². The number of hydrogen-bond acceptors (Lipinski definition) is 9. The minimum absolute atomic E-state index is 0.269. The normalized spacial score (nSPS) is 22.7. The molecule has 0 amide bonds. The first kappa shape index (κ1) is 21.7. The second kappa shape index (κ2) is 9.80. The Morgan fingerprint density at radius 2 is 1.84 bits per heavy atom. The number of benzene rings is 1. The second-order valence-electron chi connectivity index (χ2n) is 7.98. The van der Waals surface area contributed by atoms with Gasteiger partial charge in [-0.25, -0.2) is 25.0 Å². The van der Waals surface area contributed by atoms with E-state index < -0.39 is 10.8 Å². The van der Waals surface area contributed by atoms with Gasteiger partial charge < -0.3 is 10.6 Å². The summed E-state index contributed by atoms with van der Waals surface area (Å²) in [6.07, 6.45) is 1.59. The van der Waals surface area contributed by atoms with Crippen molar-refractivity contribution in [3.8, 4) is 0 Å². The zero-order valence-electron chi connectivity index (χ0n) is 17.8. The van der Waals surface area contributed by atoms with Gasteiger partial charge in [0.1, 0.15) is 12.0 Å². The molecule has 2 saturated heterocycles. The molecule has 2 aromatic rings. The van der Waals surface area contributed by atoms with Crippen LogP contribution in [0.15, 0.2) is 35.3 Å². The maximum absolute atomic E-state index is 11.9. The maximum Gasteiger partial charge on any atom is 0.176 e. The highest BCUT2D eigenvalue weighted by molar-refractivity contribution is 7.85. The number of halogens is 1. The number of hydrazine groups is 1. The summed E-state index contributed by atoms with van der Waals surface area (Å²) in [6, 6.07) is 10.1. The Hall–Kier alpha value is -2.11. The Bertz CT molecular complexity index is 991. The molecular weight excluding hydrogens is 448 g/mol. The third-order valence-electron chi connectivity index (χ3n) is 5.90. The summed E-state index contributed by atoms with van der Waals surface area (Å²) in [6.45, 7) is 5.56. The first-order valence-electron chi connectivity index (χ1n) is 10.9. The van der Waals surface area contributed by atoms with Gasteiger partial charge in [0.15, 0.2) is 23.0 Å². The van der Waals surface area contributed by atoms with E-state index in [9.17, 15) is 4.21 Å². The van der Waals surface area contributed by atoms with Gasteiger partial charge in [-0.1, -0.05) is 41.9 Å². The first-order valence-corrected chi connectivity index (χ1v) is 12.8. The molecule has 4 heterocycles. The Kier molecular flexibility index (Phi) is 6.65. The zero-order valence-corrected chi connectivity index (χ0v) is 19.4. The quantitative estimate of drug-likeness (QED) is 0.673. The molecule has 11 heteroatoms. The van der Waals surface area contributed by atoms with Crippen LogP contribution < -0.4 is 15.6 Å². The molecule has 1 unspecified atom stereocenters. The summed E-state index contributed by atoms with van der Waals surface area (Å²) >= 11 is 6.59. The molecule has 3 aliphatic heterocycles. The van der Waals surface area contributed by atoms with Crippen LogP contribution in [-0.4, -0.2) is 81.2 Å². The zero-order chi connectivity index (χ0) is 21.9. The number of hydrogen-bond donors (Lipinski definition) is 2. The van der Waals surface area contributed by atoms with Gasteiger partial charge in [-0.15, -0.1) is 0 Å². The van der Waals surface area contributed by atoms with E-state index in [0.717, 1.165) is 56.3 Å². The van der Waals surface area contributed by atoms with Crippen molar-refractivity contribution in [2.45, 2.75) is 12.7 Å². The molecule has 0 bridgehead atoms. The number of anilines is 2. The van der Waals surface area contributed by atoms with Crippen molar-refractivity contribution in [3.05, 3.63) is 46.7 Å². The average Bonchev–Trinajstić information content (AvgIpc) is 2.84. The number of aromatic nitrogens is 2. The second-order valence-corrected chi connectivity index (χ2v) is 10.0. The van der Waals surface area contributed by atoms with Crippen LogP contribution in [0.25, 0.3) is 0 Å². The third-order valence-corrected chi connectivity index (χ3v) is 7.44. The van der Waals surface area contributed by atoms with E-state index in [1.165, 1.54) is 0 Å². The van der Waals surface area contributed by atoms with Crippen LogP contribution in [-0.2, 0) is 17.3 Å². The van der Waals surface area contributed by atoms with Gasteiger partial charge in [-0.3, -0.25) is 9.11 Å². The van der Waals surface area contributed by atoms with E-state index in [4.69, 9.17) is 26.6 Å². The van der Waals surface area contributed by atoms with Crippen LogP contribution in [0.4, 0.5) is 11.6 Å². The molecule has 2 fully saturated rings. The fourth-order valence-electron chi connectivity index (χ4n) is 4.14. The van der Waals surface area contributed by atoms with Crippen LogP contribution in [0.2, 0.25) is 5.15 Å². The van der Waals surface area contributed by atoms with Crippen molar-refractivity contribution in [2.24, 2.45) is 4.99 Å². The lowest BCUT2D eigenvalue weighted by atomic mass is 10.2.